The van der Waals surface area contributed by atoms with Gasteiger partial charge in [0.2, 0.25) is 0 Å². The van der Waals surface area contributed by atoms with Gasteiger partial charge in [-0.25, -0.2) is 4.79 Å². The van der Waals surface area contributed by atoms with Crippen LogP contribution in [0.1, 0.15) is 27.8 Å². The molecular weight excluding hydrogens is 368 g/mol. The maximum atomic E-state index is 12.4. The third-order valence-corrected chi connectivity index (χ3v) is 3.70. The van der Waals surface area contributed by atoms with Crippen molar-refractivity contribution in [3.05, 3.63) is 66.0 Å². The number of ether oxygens (including phenoxy) is 1. The number of nitrogens with one attached hydrogen (secondary N) is 2. The zero-order valence-corrected chi connectivity index (χ0v) is 15.2. The third kappa shape index (κ3) is 4.39. The van der Waals surface area contributed by atoms with Crippen molar-refractivity contribution in [2.45, 2.75) is 6.92 Å². The second-order valence-electron chi connectivity index (χ2n) is 5.57. The van der Waals surface area contributed by atoms with Crippen molar-refractivity contribution < 1.29 is 14.3 Å². The molecule has 2 aromatic carbocycles. The molecule has 3 rings (SSSR count). The van der Waals surface area contributed by atoms with E-state index in [1.54, 1.807) is 48.5 Å². The Bertz CT molecular complexity index is 1020. The van der Waals surface area contributed by atoms with Crippen molar-refractivity contribution in [3.8, 4) is 5.75 Å². The lowest BCUT2D eigenvalue weighted by Crippen LogP contribution is -2.20. The number of aromatic nitrogens is 1. The van der Waals surface area contributed by atoms with Gasteiger partial charge in [0.05, 0.1) is 5.56 Å². The molecule has 0 radical (unpaired) electrons. The number of guanidine groups is 1. The lowest BCUT2D eigenvalue weighted by Gasteiger charge is -2.10. The van der Waals surface area contributed by atoms with Crippen LogP contribution in [0.4, 0.5) is 5.69 Å². The molecule has 1 heterocycles. The summed E-state index contributed by atoms with van der Waals surface area (Å²) in [5.41, 5.74) is 6.53. The maximum Gasteiger partial charge on any atom is 0.343 e. The molecule has 0 bridgehead atoms. The van der Waals surface area contributed by atoms with Gasteiger partial charge in [0.1, 0.15) is 11.4 Å². The van der Waals surface area contributed by atoms with Crippen LogP contribution in [0, 0.1) is 5.41 Å². The summed E-state index contributed by atoms with van der Waals surface area (Å²) in [6.07, 6.45) is 1.51. The van der Waals surface area contributed by atoms with Crippen molar-refractivity contribution in [3.63, 3.8) is 0 Å². The van der Waals surface area contributed by atoms with Gasteiger partial charge < -0.3 is 15.8 Å². The topological polar surface area (TPSA) is 118 Å². The Morgan fingerprint density at radius 3 is 2.41 bits per heavy atom. The highest BCUT2D eigenvalue weighted by molar-refractivity contribution is 6.07. The van der Waals surface area contributed by atoms with Gasteiger partial charge in [0.25, 0.3) is 0 Å². The zero-order valence-electron chi connectivity index (χ0n) is 14.4. The van der Waals surface area contributed by atoms with E-state index >= 15 is 0 Å². The highest BCUT2D eigenvalue weighted by Gasteiger charge is 2.14. The molecule has 3 aromatic rings. The number of fused-ring (bicyclic) bond motifs is 1. The fourth-order valence-electron chi connectivity index (χ4n) is 2.55. The molecule has 0 aliphatic carbocycles. The number of hydrogen-bond donors (Lipinski definition) is 3. The predicted molar refractivity (Wildman–Crippen MR) is 106 cm³/mol. The van der Waals surface area contributed by atoms with Crippen molar-refractivity contribution in [1.82, 2.24) is 4.98 Å². The molecule has 138 valence electrons. The van der Waals surface area contributed by atoms with E-state index in [4.69, 9.17) is 15.9 Å². The number of hydrogen-bond acceptors (Lipinski definition) is 5. The standard InChI is InChI=1S/C19H16N4O3.ClH/c1-11(24)17-15-3-2-4-16(14(15)9-10-22-17)26-18(25)12-5-7-13(8-6-12)23-19(20)21;/h2-10H,1H3,(H4,20,21,23);1H. The molecular formula is C19H17ClN4O3. The minimum atomic E-state index is -0.534. The van der Waals surface area contributed by atoms with E-state index in [0.717, 1.165) is 0 Å². The van der Waals surface area contributed by atoms with Crippen LogP contribution in [0.2, 0.25) is 0 Å². The van der Waals surface area contributed by atoms with Crippen LogP contribution in [0.5, 0.6) is 5.75 Å². The van der Waals surface area contributed by atoms with Gasteiger partial charge in [-0.15, -0.1) is 12.4 Å². The molecule has 27 heavy (non-hydrogen) atoms. The van der Waals surface area contributed by atoms with Gasteiger partial charge >= 0.3 is 5.97 Å². The lowest BCUT2D eigenvalue weighted by molar-refractivity contribution is 0.0737. The first-order valence-corrected chi connectivity index (χ1v) is 7.77. The van der Waals surface area contributed by atoms with E-state index < -0.39 is 5.97 Å². The van der Waals surface area contributed by atoms with Crippen LogP contribution in [0.3, 0.4) is 0 Å². The number of ketones is 1. The fourth-order valence-corrected chi connectivity index (χ4v) is 2.55. The summed E-state index contributed by atoms with van der Waals surface area (Å²) < 4.78 is 5.50. The van der Waals surface area contributed by atoms with E-state index in [1.807, 2.05) is 0 Å². The SMILES string of the molecule is CC(=O)c1nccc2c(OC(=O)c3ccc(NC(=N)N)cc3)cccc12.Cl. The zero-order chi connectivity index (χ0) is 18.7. The summed E-state index contributed by atoms with van der Waals surface area (Å²) in [7, 11) is 0. The van der Waals surface area contributed by atoms with Crippen LogP contribution in [-0.2, 0) is 0 Å². The molecule has 0 aliphatic heterocycles. The van der Waals surface area contributed by atoms with E-state index in [0.29, 0.717) is 33.5 Å². The van der Waals surface area contributed by atoms with Crippen LogP contribution in [0.25, 0.3) is 10.8 Å². The third-order valence-electron chi connectivity index (χ3n) is 3.70. The van der Waals surface area contributed by atoms with E-state index in [2.05, 4.69) is 10.3 Å². The van der Waals surface area contributed by atoms with Crippen molar-refractivity contribution >= 4 is 46.6 Å². The van der Waals surface area contributed by atoms with Crippen molar-refractivity contribution in [2.24, 2.45) is 5.73 Å². The first-order chi connectivity index (χ1) is 12.5. The number of rotatable bonds is 4. The van der Waals surface area contributed by atoms with Crippen LogP contribution < -0.4 is 15.8 Å². The van der Waals surface area contributed by atoms with E-state index in [-0.39, 0.29) is 24.1 Å². The number of nitrogens with two attached hydrogens (primary N) is 1. The van der Waals surface area contributed by atoms with Gasteiger partial charge in [0.15, 0.2) is 11.7 Å². The Hall–Kier alpha value is -3.45. The number of esters is 1. The Balaban J connectivity index is 0.00000261. The first kappa shape index (κ1) is 19.9. The lowest BCUT2D eigenvalue weighted by atomic mass is 10.1. The van der Waals surface area contributed by atoms with Gasteiger partial charge in [0, 0.05) is 29.6 Å². The largest absolute Gasteiger partial charge is 0.422 e. The second kappa shape index (κ2) is 8.29. The molecule has 0 amide bonds. The molecule has 0 atom stereocenters. The molecule has 0 aliphatic rings. The maximum absolute atomic E-state index is 12.4. The quantitative estimate of drug-likeness (QED) is 0.208. The molecule has 7 nitrogen and oxygen atoms in total. The summed E-state index contributed by atoms with van der Waals surface area (Å²) in [5, 5.41) is 11.1. The highest BCUT2D eigenvalue weighted by Crippen LogP contribution is 2.28. The molecule has 4 N–H and O–H groups in total. The molecule has 8 heteroatoms. The van der Waals surface area contributed by atoms with Gasteiger partial charge in [-0.3, -0.25) is 15.2 Å². The molecule has 1 aromatic heterocycles. The van der Waals surface area contributed by atoms with Crippen molar-refractivity contribution in [1.29, 1.82) is 5.41 Å². The predicted octanol–water partition coefficient (Wildman–Crippen LogP) is 3.38. The molecule has 0 spiro atoms. The average Bonchev–Trinajstić information content (AvgIpc) is 2.61. The number of pyridine rings is 1. The van der Waals surface area contributed by atoms with Gasteiger partial charge in [-0.2, -0.15) is 0 Å². The smallest absolute Gasteiger partial charge is 0.343 e. The summed E-state index contributed by atoms with van der Waals surface area (Å²) >= 11 is 0. The van der Waals surface area contributed by atoms with Crippen molar-refractivity contribution in [2.75, 3.05) is 5.32 Å². The monoisotopic (exact) mass is 384 g/mol. The van der Waals surface area contributed by atoms with E-state index in [1.165, 1.54) is 13.1 Å². The number of halogens is 1. The first-order valence-electron chi connectivity index (χ1n) is 7.77. The van der Waals surface area contributed by atoms with Crippen LogP contribution >= 0.6 is 12.4 Å². The molecule has 0 unspecified atom stereocenters. The average molecular weight is 385 g/mol. The summed E-state index contributed by atoms with van der Waals surface area (Å²) in [5.74, 6) is -0.532. The van der Waals surface area contributed by atoms with E-state index in [9.17, 15) is 9.59 Å². The number of anilines is 1. The summed E-state index contributed by atoms with van der Waals surface area (Å²) in [4.78, 5) is 28.2. The number of nitrogens with zero attached hydrogens (tertiary/aromatic N) is 1. The number of carbonyl (C=O) groups is 2. The molecule has 0 saturated heterocycles. The summed E-state index contributed by atoms with van der Waals surface area (Å²) in [6, 6.07) is 13.2. The minimum absolute atomic E-state index is 0. The Labute approximate surface area is 161 Å². The Kier molecular flexibility index (Phi) is 6.10. The second-order valence-corrected chi connectivity index (χ2v) is 5.57. The number of Topliss-reactive ketones (excluding diaryl/α,β-unsaturated/α-hetero) is 1. The number of benzene rings is 2. The highest BCUT2D eigenvalue weighted by atomic mass is 35.5. The Morgan fingerprint density at radius 1 is 1.07 bits per heavy atom. The minimum Gasteiger partial charge on any atom is -0.422 e. The normalized spacial score (nSPS) is 9.96. The van der Waals surface area contributed by atoms with Gasteiger partial charge in [-0.05, 0) is 36.4 Å². The van der Waals surface area contributed by atoms with Crippen LogP contribution in [0.15, 0.2) is 54.7 Å². The summed E-state index contributed by atoms with van der Waals surface area (Å²) in [6.45, 7) is 1.44. The van der Waals surface area contributed by atoms with Gasteiger partial charge in [-0.1, -0.05) is 12.1 Å². The fraction of sp³-hybridized carbons (Fsp3) is 0.0526. The molecule has 0 saturated carbocycles. The molecule has 0 fully saturated rings. The van der Waals surface area contributed by atoms with Crippen LogP contribution in [-0.4, -0.2) is 22.7 Å². The number of carbonyl (C=O) groups excluding carboxylic acids is 2. The Morgan fingerprint density at radius 2 is 1.78 bits per heavy atom.